The molecule has 4 nitrogen and oxygen atoms in total. The number of carbonyl (C=O) groups is 1. The van der Waals surface area contributed by atoms with Gasteiger partial charge in [0.25, 0.3) is 0 Å². The van der Waals surface area contributed by atoms with Gasteiger partial charge < -0.3 is 5.11 Å². The zero-order valence-electron chi connectivity index (χ0n) is 9.88. The molecule has 3 rings (SSSR count). The number of nitrogens with zero attached hydrogens (tertiary/aromatic N) is 2. The molecule has 1 saturated carbocycles. The lowest BCUT2D eigenvalue weighted by Crippen LogP contribution is -2.04. The molecule has 0 radical (unpaired) electrons. The molecule has 2 heterocycles. The molecule has 1 aliphatic rings. The Balaban J connectivity index is 2.07. The average Bonchev–Trinajstić information content (AvgIpc) is 3.11. The SMILES string of the molecule is Cc1nc(-c2ccc(C(=O)O)c(C3CC3)n2)cs1. The molecular formula is C13H12N2O2S. The summed E-state index contributed by atoms with van der Waals surface area (Å²) in [6, 6.07) is 3.39. The van der Waals surface area contributed by atoms with E-state index >= 15 is 0 Å². The Bertz CT molecular complexity index is 617. The minimum Gasteiger partial charge on any atom is -0.478 e. The number of aromatic carboxylic acids is 1. The fourth-order valence-electron chi connectivity index (χ4n) is 1.95. The second-order valence-electron chi connectivity index (χ2n) is 4.46. The minimum absolute atomic E-state index is 0.316. The van der Waals surface area contributed by atoms with E-state index in [1.807, 2.05) is 12.3 Å². The predicted molar refractivity (Wildman–Crippen MR) is 69.0 cm³/mol. The molecule has 0 saturated heterocycles. The summed E-state index contributed by atoms with van der Waals surface area (Å²) < 4.78 is 0. The Kier molecular flexibility index (Phi) is 2.63. The number of thiazole rings is 1. The lowest BCUT2D eigenvalue weighted by Gasteiger charge is -2.05. The van der Waals surface area contributed by atoms with E-state index in [-0.39, 0.29) is 0 Å². The topological polar surface area (TPSA) is 63.1 Å². The number of aromatic nitrogens is 2. The van der Waals surface area contributed by atoms with E-state index in [1.165, 1.54) is 0 Å². The fourth-order valence-corrected chi connectivity index (χ4v) is 2.55. The molecule has 2 aromatic rings. The van der Waals surface area contributed by atoms with Crippen LogP contribution in [0.15, 0.2) is 17.5 Å². The van der Waals surface area contributed by atoms with Gasteiger partial charge in [-0.05, 0) is 31.9 Å². The van der Waals surface area contributed by atoms with Crippen LogP contribution < -0.4 is 0 Å². The number of rotatable bonds is 3. The maximum atomic E-state index is 11.2. The molecule has 0 aliphatic heterocycles. The van der Waals surface area contributed by atoms with Crippen molar-refractivity contribution in [3.05, 3.63) is 33.8 Å². The van der Waals surface area contributed by atoms with Crippen molar-refractivity contribution in [2.75, 3.05) is 0 Å². The Morgan fingerprint density at radius 3 is 2.67 bits per heavy atom. The lowest BCUT2D eigenvalue weighted by atomic mass is 10.1. The largest absolute Gasteiger partial charge is 0.478 e. The summed E-state index contributed by atoms with van der Waals surface area (Å²) in [7, 11) is 0. The molecule has 0 aromatic carbocycles. The van der Waals surface area contributed by atoms with E-state index in [9.17, 15) is 4.79 Å². The van der Waals surface area contributed by atoms with E-state index in [1.54, 1.807) is 23.5 Å². The van der Waals surface area contributed by atoms with Gasteiger partial charge in [0.05, 0.1) is 27.7 Å². The molecule has 0 atom stereocenters. The maximum Gasteiger partial charge on any atom is 0.337 e. The van der Waals surface area contributed by atoms with Gasteiger partial charge in [-0.3, -0.25) is 0 Å². The van der Waals surface area contributed by atoms with Crippen LogP contribution in [-0.4, -0.2) is 21.0 Å². The fraction of sp³-hybridized carbons (Fsp3) is 0.308. The molecule has 18 heavy (non-hydrogen) atoms. The third-order valence-electron chi connectivity index (χ3n) is 3.00. The van der Waals surface area contributed by atoms with Gasteiger partial charge in [0.2, 0.25) is 0 Å². The summed E-state index contributed by atoms with van der Waals surface area (Å²) in [5.74, 6) is -0.582. The monoisotopic (exact) mass is 260 g/mol. The number of carboxylic acids is 1. The third-order valence-corrected chi connectivity index (χ3v) is 3.77. The van der Waals surface area contributed by atoms with Crippen LogP contribution >= 0.6 is 11.3 Å². The maximum absolute atomic E-state index is 11.2. The van der Waals surface area contributed by atoms with Crippen LogP contribution in [0.5, 0.6) is 0 Å². The first-order valence-electron chi connectivity index (χ1n) is 5.82. The van der Waals surface area contributed by atoms with Gasteiger partial charge >= 0.3 is 5.97 Å². The molecule has 0 spiro atoms. The molecule has 5 heteroatoms. The molecule has 1 N–H and O–H groups in total. The summed E-state index contributed by atoms with van der Waals surface area (Å²) in [6.07, 6.45) is 2.07. The summed E-state index contributed by atoms with van der Waals surface area (Å²) in [5.41, 5.74) is 2.64. The number of hydrogen-bond donors (Lipinski definition) is 1. The van der Waals surface area contributed by atoms with E-state index in [2.05, 4.69) is 9.97 Å². The summed E-state index contributed by atoms with van der Waals surface area (Å²) >= 11 is 1.57. The zero-order valence-corrected chi connectivity index (χ0v) is 10.7. The van der Waals surface area contributed by atoms with Crippen LogP contribution in [0.25, 0.3) is 11.4 Å². The Morgan fingerprint density at radius 2 is 2.11 bits per heavy atom. The van der Waals surface area contributed by atoms with E-state index < -0.39 is 5.97 Å². The number of hydrogen-bond acceptors (Lipinski definition) is 4. The van der Waals surface area contributed by atoms with Crippen LogP contribution in [0.1, 0.15) is 39.8 Å². The molecule has 0 bridgehead atoms. The molecule has 0 unspecified atom stereocenters. The molecular weight excluding hydrogens is 248 g/mol. The van der Waals surface area contributed by atoms with Crippen molar-refractivity contribution in [2.24, 2.45) is 0 Å². The van der Waals surface area contributed by atoms with Gasteiger partial charge in [0, 0.05) is 11.3 Å². The van der Waals surface area contributed by atoms with Gasteiger partial charge in [-0.15, -0.1) is 11.3 Å². The highest BCUT2D eigenvalue weighted by Crippen LogP contribution is 2.41. The first kappa shape index (κ1) is 11.3. The molecule has 0 amide bonds. The van der Waals surface area contributed by atoms with Gasteiger partial charge in [0.15, 0.2) is 0 Å². The smallest absolute Gasteiger partial charge is 0.337 e. The Labute approximate surface area is 108 Å². The molecule has 1 fully saturated rings. The van der Waals surface area contributed by atoms with Crippen molar-refractivity contribution in [1.82, 2.24) is 9.97 Å². The molecule has 1 aliphatic carbocycles. The number of pyridine rings is 1. The Hall–Kier alpha value is -1.75. The number of carboxylic acid groups (broad SMARTS) is 1. The van der Waals surface area contributed by atoms with E-state index in [4.69, 9.17) is 5.11 Å². The first-order valence-corrected chi connectivity index (χ1v) is 6.70. The van der Waals surface area contributed by atoms with Crippen molar-refractivity contribution in [1.29, 1.82) is 0 Å². The van der Waals surface area contributed by atoms with Crippen LogP contribution in [0.3, 0.4) is 0 Å². The summed E-state index contributed by atoms with van der Waals surface area (Å²) in [6.45, 7) is 1.95. The van der Waals surface area contributed by atoms with Crippen LogP contribution in [0.2, 0.25) is 0 Å². The quantitative estimate of drug-likeness (QED) is 0.921. The van der Waals surface area contributed by atoms with Crippen molar-refractivity contribution in [3.8, 4) is 11.4 Å². The highest BCUT2D eigenvalue weighted by atomic mass is 32.1. The van der Waals surface area contributed by atoms with Crippen molar-refractivity contribution in [3.63, 3.8) is 0 Å². The van der Waals surface area contributed by atoms with Crippen molar-refractivity contribution >= 4 is 17.3 Å². The number of aryl methyl sites for hydroxylation is 1. The summed E-state index contributed by atoms with van der Waals surface area (Å²) in [5, 5.41) is 12.1. The average molecular weight is 260 g/mol. The zero-order chi connectivity index (χ0) is 12.7. The van der Waals surface area contributed by atoms with Crippen LogP contribution in [-0.2, 0) is 0 Å². The summed E-state index contributed by atoms with van der Waals surface area (Å²) in [4.78, 5) is 20.0. The van der Waals surface area contributed by atoms with Crippen LogP contribution in [0.4, 0.5) is 0 Å². The van der Waals surface area contributed by atoms with Gasteiger partial charge in [-0.2, -0.15) is 0 Å². The van der Waals surface area contributed by atoms with Gasteiger partial charge in [-0.1, -0.05) is 0 Å². The van der Waals surface area contributed by atoms with Crippen LogP contribution in [0, 0.1) is 6.92 Å². The lowest BCUT2D eigenvalue weighted by molar-refractivity contribution is 0.0695. The highest BCUT2D eigenvalue weighted by molar-refractivity contribution is 7.09. The van der Waals surface area contributed by atoms with E-state index in [0.717, 1.165) is 29.2 Å². The third kappa shape index (κ3) is 2.01. The normalized spacial score (nSPS) is 14.7. The highest BCUT2D eigenvalue weighted by Gasteiger charge is 2.30. The van der Waals surface area contributed by atoms with Crippen molar-refractivity contribution in [2.45, 2.75) is 25.7 Å². The van der Waals surface area contributed by atoms with Gasteiger partial charge in [0.1, 0.15) is 0 Å². The first-order chi connectivity index (χ1) is 8.65. The molecule has 2 aromatic heterocycles. The van der Waals surface area contributed by atoms with Crippen molar-refractivity contribution < 1.29 is 9.90 Å². The second-order valence-corrected chi connectivity index (χ2v) is 5.52. The standard InChI is InChI=1S/C13H12N2O2S/c1-7-14-11(6-18-7)10-5-4-9(13(16)17)12(15-10)8-2-3-8/h4-6,8H,2-3H2,1H3,(H,16,17). The minimum atomic E-state index is -0.898. The van der Waals surface area contributed by atoms with E-state index in [0.29, 0.717) is 17.2 Å². The Morgan fingerprint density at radius 1 is 1.33 bits per heavy atom. The molecule has 92 valence electrons. The predicted octanol–water partition coefficient (Wildman–Crippen LogP) is 3.09. The van der Waals surface area contributed by atoms with Gasteiger partial charge in [-0.25, -0.2) is 14.8 Å². The second kappa shape index (κ2) is 4.17.